The second kappa shape index (κ2) is 9.50. The number of methoxy groups -OCH3 is 1. The van der Waals surface area contributed by atoms with Gasteiger partial charge in [-0.05, 0) is 42.7 Å². The highest BCUT2D eigenvalue weighted by atomic mass is 19.1. The summed E-state index contributed by atoms with van der Waals surface area (Å²) in [7, 11) is 1.37. The second-order valence-electron chi connectivity index (χ2n) is 6.31. The number of nitrogens with zero attached hydrogens (tertiary/aromatic N) is 2. The molecule has 2 N–H and O–H groups in total. The van der Waals surface area contributed by atoms with E-state index >= 15 is 0 Å². The fourth-order valence-corrected chi connectivity index (χ4v) is 2.68. The quantitative estimate of drug-likeness (QED) is 0.580. The van der Waals surface area contributed by atoms with Gasteiger partial charge in [0.05, 0.1) is 12.8 Å². The normalized spacial score (nSPS) is 10.4. The number of hydrogen-bond acceptors (Lipinski definition) is 5. The topological polar surface area (TPSA) is 85.2 Å². The molecule has 2 aromatic carbocycles. The van der Waals surface area contributed by atoms with Gasteiger partial charge in [-0.2, -0.15) is 4.68 Å². The van der Waals surface area contributed by atoms with Gasteiger partial charge in [0.15, 0.2) is 5.82 Å². The number of ether oxygens (including phenoxy) is 1. The van der Waals surface area contributed by atoms with Crippen molar-refractivity contribution < 1.29 is 18.7 Å². The first-order valence-corrected chi connectivity index (χ1v) is 9.09. The molecular weight excluding hydrogens is 375 g/mol. The van der Waals surface area contributed by atoms with E-state index in [1.165, 1.54) is 19.4 Å². The van der Waals surface area contributed by atoms with Crippen LogP contribution in [0.4, 0.5) is 26.4 Å². The molecule has 3 rings (SSSR count). The minimum atomic E-state index is -0.440. The molecule has 0 radical (unpaired) electrons. The summed E-state index contributed by atoms with van der Waals surface area (Å²) in [5, 5.41) is 9.68. The van der Waals surface area contributed by atoms with Crippen LogP contribution < -0.4 is 10.6 Å². The maximum atomic E-state index is 13.7. The van der Waals surface area contributed by atoms with Gasteiger partial charge in [0.1, 0.15) is 5.82 Å². The number of aryl methyl sites for hydroxylation is 1. The minimum absolute atomic E-state index is 0.225. The van der Waals surface area contributed by atoms with Gasteiger partial charge in [0, 0.05) is 24.4 Å². The number of esters is 1. The number of para-hydroxylation sites is 1. The van der Waals surface area contributed by atoms with E-state index in [2.05, 4.69) is 20.5 Å². The van der Waals surface area contributed by atoms with Crippen molar-refractivity contribution in [3.63, 3.8) is 0 Å². The van der Waals surface area contributed by atoms with Crippen molar-refractivity contribution in [2.75, 3.05) is 17.7 Å². The Morgan fingerprint density at radius 1 is 1.10 bits per heavy atom. The van der Waals surface area contributed by atoms with E-state index in [9.17, 15) is 14.0 Å². The highest BCUT2D eigenvalue weighted by Crippen LogP contribution is 2.18. The molecule has 150 valence electrons. The Balaban J connectivity index is 1.54. The fraction of sp³-hybridized carbons (Fsp3) is 0.190. The first kappa shape index (κ1) is 20.1. The van der Waals surface area contributed by atoms with Crippen molar-refractivity contribution >= 4 is 29.2 Å². The number of benzene rings is 2. The Kier molecular flexibility index (Phi) is 6.57. The summed E-state index contributed by atoms with van der Waals surface area (Å²) in [5.41, 5.74) is 1.95. The predicted octanol–water partition coefficient (Wildman–Crippen LogP) is 4.34. The fourth-order valence-electron chi connectivity index (χ4n) is 2.68. The molecule has 0 aliphatic carbocycles. The maximum Gasteiger partial charge on any atom is 0.346 e. The molecule has 0 saturated heterocycles. The molecule has 1 aromatic heterocycles. The Morgan fingerprint density at radius 3 is 2.59 bits per heavy atom. The maximum absolute atomic E-state index is 13.7. The number of halogens is 1. The van der Waals surface area contributed by atoms with Gasteiger partial charge in [-0.1, -0.05) is 24.3 Å². The SMILES string of the molecule is COC(=O)CCCc1ccc(NC(=O)n2ccc(Nc3ccccc3F)n2)cc1. The largest absolute Gasteiger partial charge is 0.469 e. The van der Waals surface area contributed by atoms with Crippen LogP contribution in [-0.2, 0) is 16.0 Å². The number of nitrogens with one attached hydrogen (secondary N) is 2. The number of anilines is 3. The van der Waals surface area contributed by atoms with Crippen LogP contribution in [0.15, 0.2) is 60.8 Å². The third-order valence-electron chi connectivity index (χ3n) is 4.21. The van der Waals surface area contributed by atoms with Crippen LogP contribution in [0.3, 0.4) is 0 Å². The third kappa shape index (κ3) is 5.65. The number of aromatic nitrogens is 2. The molecule has 8 heteroatoms. The molecule has 0 unspecified atom stereocenters. The Morgan fingerprint density at radius 2 is 1.86 bits per heavy atom. The summed E-state index contributed by atoms with van der Waals surface area (Å²) in [5.74, 6) is -0.277. The van der Waals surface area contributed by atoms with Crippen LogP contribution in [0.25, 0.3) is 0 Å². The molecule has 29 heavy (non-hydrogen) atoms. The molecule has 7 nitrogen and oxygen atoms in total. The van der Waals surface area contributed by atoms with Crippen molar-refractivity contribution in [2.24, 2.45) is 0 Å². The molecule has 0 aliphatic heterocycles. The highest BCUT2D eigenvalue weighted by molar-refractivity contribution is 5.90. The number of amides is 1. The smallest absolute Gasteiger partial charge is 0.346 e. The summed E-state index contributed by atoms with van der Waals surface area (Å²) in [4.78, 5) is 23.5. The van der Waals surface area contributed by atoms with Gasteiger partial charge >= 0.3 is 12.0 Å². The van der Waals surface area contributed by atoms with Gasteiger partial charge in [0.2, 0.25) is 0 Å². The lowest BCUT2D eigenvalue weighted by molar-refractivity contribution is -0.140. The van der Waals surface area contributed by atoms with Crippen LogP contribution in [0, 0.1) is 5.82 Å². The van der Waals surface area contributed by atoms with Crippen molar-refractivity contribution in [3.8, 4) is 0 Å². The molecular formula is C21H21FN4O3. The summed E-state index contributed by atoms with van der Waals surface area (Å²) in [6, 6.07) is 14.7. The van der Waals surface area contributed by atoms with Crippen LogP contribution in [0.1, 0.15) is 18.4 Å². The average Bonchev–Trinajstić information content (AvgIpc) is 3.19. The first-order chi connectivity index (χ1) is 14.0. The summed E-state index contributed by atoms with van der Waals surface area (Å²) >= 11 is 0. The number of carbonyl (C=O) groups excluding carboxylic acids is 2. The van der Waals surface area contributed by atoms with Crippen LogP contribution in [0.2, 0.25) is 0 Å². The van der Waals surface area contributed by atoms with E-state index < -0.39 is 11.8 Å². The molecule has 0 bridgehead atoms. The van der Waals surface area contributed by atoms with Crippen LogP contribution in [-0.4, -0.2) is 28.9 Å². The van der Waals surface area contributed by atoms with Gasteiger partial charge in [-0.15, -0.1) is 5.10 Å². The second-order valence-corrected chi connectivity index (χ2v) is 6.31. The molecule has 0 saturated carbocycles. The standard InChI is InChI=1S/C21H21FN4O3/c1-29-20(27)8-4-5-15-9-11-16(12-10-15)23-21(28)26-14-13-19(25-26)24-18-7-3-2-6-17(18)22/h2-3,6-7,9-14H,4-5,8H2,1H3,(H,23,28)(H,24,25). The number of rotatable bonds is 7. The lowest BCUT2D eigenvalue weighted by Crippen LogP contribution is -2.20. The van der Waals surface area contributed by atoms with Crippen molar-refractivity contribution in [3.05, 3.63) is 72.2 Å². The van der Waals surface area contributed by atoms with Gasteiger partial charge in [-0.3, -0.25) is 4.79 Å². The van der Waals surface area contributed by atoms with E-state index in [0.29, 0.717) is 24.3 Å². The van der Waals surface area contributed by atoms with Crippen LogP contribution >= 0.6 is 0 Å². The molecule has 0 spiro atoms. The first-order valence-electron chi connectivity index (χ1n) is 9.09. The monoisotopic (exact) mass is 396 g/mol. The Bertz CT molecular complexity index is 986. The number of carbonyl (C=O) groups is 2. The predicted molar refractivity (Wildman–Crippen MR) is 108 cm³/mol. The molecule has 0 fully saturated rings. The lowest BCUT2D eigenvalue weighted by atomic mass is 10.1. The lowest BCUT2D eigenvalue weighted by Gasteiger charge is -2.07. The highest BCUT2D eigenvalue weighted by Gasteiger charge is 2.09. The van der Waals surface area contributed by atoms with Crippen molar-refractivity contribution in [2.45, 2.75) is 19.3 Å². The van der Waals surface area contributed by atoms with E-state index in [4.69, 9.17) is 0 Å². The van der Waals surface area contributed by atoms with E-state index in [-0.39, 0.29) is 11.7 Å². The number of hydrogen-bond donors (Lipinski definition) is 2. The Hall–Kier alpha value is -3.68. The van der Waals surface area contributed by atoms with Crippen molar-refractivity contribution in [1.82, 2.24) is 9.78 Å². The molecule has 1 heterocycles. The molecule has 0 atom stereocenters. The van der Waals surface area contributed by atoms with E-state index in [1.807, 2.05) is 12.1 Å². The van der Waals surface area contributed by atoms with Gasteiger partial charge in [-0.25, -0.2) is 9.18 Å². The zero-order chi connectivity index (χ0) is 20.6. The molecule has 0 aliphatic rings. The van der Waals surface area contributed by atoms with Gasteiger partial charge < -0.3 is 15.4 Å². The molecule has 3 aromatic rings. The zero-order valence-corrected chi connectivity index (χ0v) is 15.9. The third-order valence-corrected chi connectivity index (χ3v) is 4.21. The van der Waals surface area contributed by atoms with Crippen molar-refractivity contribution in [1.29, 1.82) is 0 Å². The minimum Gasteiger partial charge on any atom is -0.469 e. The summed E-state index contributed by atoms with van der Waals surface area (Å²) in [6.07, 6.45) is 3.30. The zero-order valence-electron chi connectivity index (χ0n) is 15.9. The molecule has 1 amide bonds. The van der Waals surface area contributed by atoms with E-state index in [1.54, 1.807) is 36.4 Å². The average molecular weight is 396 g/mol. The van der Waals surface area contributed by atoms with E-state index in [0.717, 1.165) is 16.7 Å². The summed E-state index contributed by atoms with van der Waals surface area (Å²) in [6.45, 7) is 0. The Labute approximate surface area is 167 Å². The summed E-state index contributed by atoms with van der Waals surface area (Å²) < 4.78 is 19.4. The van der Waals surface area contributed by atoms with Crippen LogP contribution in [0.5, 0.6) is 0 Å². The van der Waals surface area contributed by atoms with Gasteiger partial charge in [0.25, 0.3) is 0 Å².